The summed E-state index contributed by atoms with van der Waals surface area (Å²) in [6.45, 7) is 5.75. The fourth-order valence-corrected chi connectivity index (χ4v) is 2.14. The van der Waals surface area contributed by atoms with Crippen LogP contribution in [0, 0.1) is 0 Å². The van der Waals surface area contributed by atoms with E-state index in [1.54, 1.807) is 0 Å². The number of nitrogens with two attached hydrogens (primary N) is 1. The van der Waals surface area contributed by atoms with E-state index in [0.29, 0.717) is 19.8 Å². The van der Waals surface area contributed by atoms with E-state index in [1.165, 1.54) is 17.7 Å². The molecule has 0 atom stereocenters. The summed E-state index contributed by atoms with van der Waals surface area (Å²) >= 11 is 0. The first-order valence-electron chi connectivity index (χ1n) is 7.00. The van der Waals surface area contributed by atoms with Crippen LogP contribution >= 0.6 is 0 Å². The van der Waals surface area contributed by atoms with E-state index in [1.807, 2.05) is 0 Å². The number of hydrogen-bond donors (Lipinski definition) is 1. The number of rotatable bonds is 7. The van der Waals surface area contributed by atoms with Gasteiger partial charge in [0.05, 0.1) is 40.1 Å². The highest BCUT2D eigenvalue weighted by Crippen LogP contribution is 2.05. The van der Waals surface area contributed by atoms with Crippen molar-refractivity contribution < 1.29 is 14.2 Å². The third-order valence-corrected chi connectivity index (χ3v) is 3.29. The van der Waals surface area contributed by atoms with Crippen LogP contribution in [0.1, 0.15) is 0 Å². The summed E-state index contributed by atoms with van der Waals surface area (Å²) in [6.07, 6.45) is 0. The van der Waals surface area contributed by atoms with Crippen molar-refractivity contribution in [2.45, 2.75) is 6.54 Å². The molecule has 1 fully saturated rings. The van der Waals surface area contributed by atoms with Crippen molar-refractivity contribution in [1.82, 2.24) is 14.5 Å². The molecule has 1 aliphatic rings. The Morgan fingerprint density at radius 3 is 2.76 bits per heavy atom. The first-order chi connectivity index (χ1) is 10.2. The minimum atomic E-state index is -0.240. The largest absolute Gasteiger partial charge is 0.468 e. The number of morpholine rings is 1. The number of ether oxygens (including phenoxy) is 3. The fraction of sp³-hybridized carbons (Fsp3) is 0.692. The van der Waals surface area contributed by atoms with Gasteiger partial charge in [0.2, 0.25) is 0 Å². The summed E-state index contributed by atoms with van der Waals surface area (Å²) in [4.78, 5) is 18.1. The molecule has 21 heavy (non-hydrogen) atoms. The van der Waals surface area contributed by atoms with Gasteiger partial charge in [-0.05, 0) is 0 Å². The average Bonchev–Trinajstić information content (AvgIpc) is 2.49. The van der Waals surface area contributed by atoms with Crippen LogP contribution in [0.4, 0.5) is 5.82 Å². The van der Waals surface area contributed by atoms with Crippen LogP contribution in [-0.4, -0.2) is 67.6 Å². The Hall–Kier alpha value is -1.64. The monoisotopic (exact) mass is 298 g/mol. The van der Waals surface area contributed by atoms with Gasteiger partial charge in [0, 0.05) is 25.7 Å². The Morgan fingerprint density at radius 2 is 2.05 bits per heavy atom. The molecule has 2 N–H and O–H groups in total. The third kappa shape index (κ3) is 4.69. The predicted octanol–water partition coefficient (Wildman–Crippen LogP) is -0.817. The first-order valence-corrected chi connectivity index (χ1v) is 7.00. The van der Waals surface area contributed by atoms with E-state index in [4.69, 9.17) is 19.9 Å². The quantitative estimate of drug-likeness (QED) is 0.658. The number of nitrogen functional groups attached to an aromatic ring is 1. The third-order valence-electron chi connectivity index (χ3n) is 3.29. The molecule has 0 unspecified atom stereocenters. The van der Waals surface area contributed by atoms with Gasteiger partial charge in [-0.15, -0.1) is 0 Å². The molecule has 118 valence electrons. The second kappa shape index (κ2) is 7.96. The molecule has 0 amide bonds. The molecule has 0 bridgehead atoms. The maximum atomic E-state index is 11.8. The van der Waals surface area contributed by atoms with E-state index < -0.39 is 0 Å². The summed E-state index contributed by atoms with van der Waals surface area (Å²) in [7, 11) is 1.46. The Labute approximate surface area is 123 Å². The molecule has 8 nitrogen and oxygen atoms in total. The molecule has 8 heteroatoms. The Balaban J connectivity index is 1.74. The van der Waals surface area contributed by atoms with Crippen molar-refractivity contribution in [3.8, 4) is 6.01 Å². The summed E-state index contributed by atoms with van der Waals surface area (Å²) in [5.74, 6) is 0.154. The number of aromatic nitrogens is 2. The molecule has 2 heterocycles. The van der Waals surface area contributed by atoms with E-state index in [0.717, 1.165) is 32.8 Å². The average molecular weight is 298 g/mol. The van der Waals surface area contributed by atoms with Gasteiger partial charge in [0.15, 0.2) is 0 Å². The van der Waals surface area contributed by atoms with Crippen molar-refractivity contribution in [3.05, 3.63) is 16.4 Å². The smallest absolute Gasteiger partial charge is 0.300 e. The van der Waals surface area contributed by atoms with Gasteiger partial charge in [-0.25, -0.2) is 0 Å². The van der Waals surface area contributed by atoms with Gasteiger partial charge in [0.1, 0.15) is 5.82 Å². The lowest BCUT2D eigenvalue weighted by molar-refractivity contribution is 0.0193. The second-order valence-electron chi connectivity index (χ2n) is 4.72. The zero-order valence-corrected chi connectivity index (χ0v) is 12.3. The van der Waals surface area contributed by atoms with E-state index in [2.05, 4.69) is 9.88 Å². The lowest BCUT2D eigenvalue weighted by atomic mass is 10.4. The van der Waals surface area contributed by atoms with Crippen molar-refractivity contribution in [1.29, 1.82) is 0 Å². The second-order valence-corrected chi connectivity index (χ2v) is 4.72. The molecule has 2 rings (SSSR count). The van der Waals surface area contributed by atoms with E-state index in [9.17, 15) is 4.79 Å². The van der Waals surface area contributed by atoms with Gasteiger partial charge < -0.3 is 19.9 Å². The summed E-state index contributed by atoms with van der Waals surface area (Å²) in [6, 6.07) is 1.48. The molecule has 1 aromatic heterocycles. The number of hydrogen-bond acceptors (Lipinski definition) is 7. The number of nitrogens with zero attached hydrogens (tertiary/aromatic N) is 3. The van der Waals surface area contributed by atoms with Gasteiger partial charge in [-0.2, -0.15) is 4.98 Å². The Morgan fingerprint density at radius 1 is 1.33 bits per heavy atom. The summed E-state index contributed by atoms with van der Waals surface area (Å²) in [5.41, 5.74) is 5.27. The molecule has 1 aliphatic heterocycles. The van der Waals surface area contributed by atoms with Crippen LogP contribution in [0.2, 0.25) is 0 Å². The van der Waals surface area contributed by atoms with Crippen LogP contribution in [0.25, 0.3) is 0 Å². The minimum Gasteiger partial charge on any atom is -0.468 e. The highest BCUT2D eigenvalue weighted by Gasteiger charge is 2.10. The van der Waals surface area contributed by atoms with Crippen molar-refractivity contribution in [2.75, 3.05) is 58.9 Å². The highest BCUT2D eigenvalue weighted by atomic mass is 16.5. The van der Waals surface area contributed by atoms with Gasteiger partial charge >= 0.3 is 6.01 Å². The van der Waals surface area contributed by atoms with E-state index in [-0.39, 0.29) is 17.4 Å². The molecule has 0 spiro atoms. The van der Waals surface area contributed by atoms with Gasteiger partial charge in [0.25, 0.3) is 5.56 Å². The maximum Gasteiger partial charge on any atom is 0.300 e. The van der Waals surface area contributed by atoms with Crippen LogP contribution < -0.4 is 16.0 Å². The standard InChI is InChI=1S/C13H22N4O4/c1-19-13-15-11(14)10-12(18)17(13)5-9-21-8-4-16-2-6-20-7-3-16/h10H,2-9,14H2,1H3. The molecular weight excluding hydrogens is 276 g/mol. The fourth-order valence-electron chi connectivity index (χ4n) is 2.14. The predicted molar refractivity (Wildman–Crippen MR) is 77.5 cm³/mol. The highest BCUT2D eigenvalue weighted by molar-refractivity contribution is 5.27. The molecule has 0 saturated carbocycles. The molecular formula is C13H22N4O4. The molecule has 1 saturated heterocycles. The summed E-state index contributed by atoms with van der Waals surface area (Å²) < 4.78 is 17.3. The van der Waals surface area contributed by atoms with Gasteiger partial charge in [-0.3, -0.25) is 14.3 Å². The summed E-state index contributed by atoms with van der Waals surface area (Å²) in [5, 5.41) is 0. The molecule has 0 aliphatic carbocycles. The lowest BCUT2D eigenvalue weighted by Gasteiger charge is -2.26. The maximum absolute atomic E-state index is 11.8. The zero-order chi connectivity index (χ0) is 15.1. The molecule has 0 aromatic carbocycles. The van der Waals surface area contributed by atoms with Crippen LogP contribution in [0.3, 0.4) is 0 Å². The Kier molecular flexibility index (Phi) is 5.97. The normalized spacial score (nSPS) is 16.0. The topological polar surface area (TPSA) is 91.8 Å². The van der Waals surface area contributed by atoms with Crippen LogP contribution in [0.5, 0.6) is 6.01 Å². The van der Waals surface area contributed by atoms with Crippen molar-refractivity contribution >= 4 is 5.82 Å². The Bertz CT molecular complexity index is 499. The van der Waals surface area contributed by atoms with Crippen molar-refractivity contribution in [3.63, 3.8) is 0 Å². The SMILES string of the molecule is COc1nc(N)cc(=O)n1CCOCCN1CCOCC1. The van der Waals surface area contributed by atoms with Crippen molar-refractivity contribution in [2.24, 2.45) is 0 Å². The molecule has 0 radical (unpaired) electrons. The van der Waals surface area contributed by atoms with E-state index >= 15 is 0 Å². The number of methoxy groups -OCH3 is 1. The zero-order valence-electron chi connectivity index (χ0n) is 12.3. The first kappa shape index (κ1) is 15.7. The van der Waals surface area contributed by atoms with Gasteiger partial charge in [-0.1, -0.05) is 0 Å². The lowest BCUT2D eigenvalue weighted by Crippen LogP contribution is -2.38. The molecule has 1 aromatic rings. The minimum absolute atomic E-state index is 0.154. The van der Waals surface area contributed by atoms with Crippen LogP contribution in [-0.2, 0) is 16.0 Å². The van der Waals surface area contributed by atoms with Crippen LogP contribution in [0.15, 0.2) is 10.9 Å². The number of anilines is 1.